The summed E-state index contributed by atoms with van der Waals surface area (Å²) in [6.07, 6.45) is 3.28. The van der Waals surface area contributed by atoms with Crippen molar-refractivity contribution in [2.45, 2.75) is 45.4 Å². The van der Waals surface area contributed by atoms with Crippen LogP contribution in [0.5, 0.6) is 0 Å². The molecule has 10 heteroatoms. The van der Waals surface area contributed by atoms with Crippen molar-refractivity contribution in [1.29, 1.82) is 0 Å². The number of carbonyl (C=O) groups excluding carboxylic acids is 1. The number of rotatable bonds is 13. The summed E-state index contributed by atoms with van der Waals surface area (Å²) in [5, 5.41) is 43.2. The quantitative estimate of drug-likeness (QED) is 0.119. The molecule has 0 aromatic rings. The van der Waals surface area contributed by atoms with Crippen molar-refractivity contribution in [2.75, 3.05) is 26.4 Å². The molecule has 0 atom stereocenters. The van der Waals surface area contributed by atoms with Crippen molar-refractivity contribution in [2.24, 2.45) is 5.41 Å². The highest BCUT2D eigenvalue weighted by Gasteiger charge is 2.30. The number of unbranched alkanes of at least 4 members (excludes halogenated alkanes) is 3. The van der Waals surface area contributed by atoms with Crippen LogP contribution in [0.1, 0.15) is 45.4 Å². The Bertz CT molecular complexity index is 421. The number of hydrogen-bond acceptors (Lipinski definition) is 7. The molecule has 0 rings (SSSR count). The van der Waals surface area contributed by atoms with Crippen LogP contribution in [0.2, 0.25) is 0 Å². The van der Waals surface area contributed by atoms with Crippen molar-refractivity contribution in [3.05, 3.63) is 12.2 Å². The first-order valence-electron chi connectivity index (χ1n) is 8.23. The van der Waals surface area contributed by atoms with E-state index >= 15 is 0 Å². The first-order valence-corrected chi connectivity index (χ1v) is 8.23. The molecule has 0 spiro atoms. The molecule has 0 aliphatic carbocycles. The smallest absolute Gasteiger partial charge is 0.333 e. The fourth-order valence-corrected chi connectivity index (χ4v) is 1.53. The summed E-state index contributed by atoms with van der Waals surface area (Å²) in [7, 11) is 0. The minimum Gasteiger partial charge on any atom is -0.481 e. The highest BCUT2D eigenvalue weighted by molar-refractivity contribution is 5.86. The van der Waals surface area contributed by atoms with E-state index < -0.39 is 43.1 Å². The van der Waals surface area contributed by atoms with Gasteiger partial charge in [0.25, 0.3) is 0 Å². The van der Waals surface area contributed by atoms with Gasteiger partial charge in [-0.25, -0.2) is 4.79 Å². The molecule has 5 N–H and O–H groups in total. The van der Waals surface area contributed by atoms with Crippen molar-refractivity contribution >= 4 is 41.0 Å². The van der Waals surface area contributed by atoms with Gasteiger partial charge in [-0.1, -0.05) is 19.4 Å². The predicted molar refractivity (Wildman–Crippen MR) is 101 cm³/mol. The Morgan fingerprint density at radius 2 is 1.22 bits per heavy atom. The maximum absolute atomic E-state index is 11.0. The Morgan fingerprint density at radius 1 is 0.852 bits per heavy atom. The van der Waals surface area contributed by atoms with Gasteiger partial charge in [-0.05, 0) is 19.8 Å². The molecule has 0 aliphatic rings. The summed E-state index contributed by atoms with van der Waals surface area (Å²) >= 11 is 0. The molecule has 27 heavy (non-hydrogen) atoms. The average Bonchev–Trinajstić information content (AvgIpc) is 2.59. The van der Waals surface area contributed by atoms with Crippen LogP contribution in [0.4, 0.5) is 0 Å². The summed E-state index contributed by atoms with van der Waals surface area (Å²) in [6.45, 7) is 3.26. The van der Waals surface area contributed by atoms with Crippen LogP contribution >= 0.6 is 0 Å². The Labute approximate surface area is 175 Å². The fraction of sp³-hybridized carbons (Fsp3) is 0.706. The molecule has 0 aliphatic heterocycles. The second-order valence-electron chi connectivity index (χ2n) is 6.03. The van der Waals surface area contributed by atoms with E-state index in [9.17, 15) is 14.4 Å². The number of ether oxygens (including phenoxy) is 1. The molecule has 0 saturated heterocycles. The molecule has 0 aromatic heterocycles. The van der Waals surface area contributed by atoms with E-state index in [0.717, 1.165) is 12.8 Å². The maximum Gasteiger partial charge on any atom is 0.333 e. The molecule has 0 saturated carbocycles. The number of carboxylic acid groups (broad SMARTS) is 2. The lowest BCUT2D eigenvalue weighted by Gasteiger charge is -2.26. The van der Waals surface area contributed by atoms with Gasteiger partial charge in [0.15, 0.2) is 0 Å². The molecule has 0 heterocycles. The molecule has 156 valence electrons. The molecular weight excluding hydrogens is 372 g/mol. The van der Waals surface area contributed by atoms with E-state index in [1.54, 1.807) is 0 Å². The third kappa shape index (κ3) is 17.9. The molecular formula is C17H32MgO9. The number of aliphatic hydroxyl groups excluding tert-OH is 3. The zero-order valence-electron chi connectivity index (χ0n) is 15.1. The molecule has 0 radical (unpaired) electrons. The van der Waals surface area contributed by atoms with Crippen molar-refractivity contribution in [3.63, 3.8) is 0 Å². The number of carbonyl (C=O) groups is 3. The van der Waals surface area contributed by atoms with Crippen LogP contribution in [-0.4, -0.2) is 92.9 Å². The highest BCUT2D eigenvalue weighted by Crippen LogP contribution is 2.15. The van der Waals surface area contributed by atoms with E-state index in [1.165, 1.54) is 6.92 Å². The molecule has 0 unspecified atom stereocenters. The Balaban J connectivity index is -0.000000416. The van der Waals surface area contributed by atoms with Crippen LogP contribution in [0.3, 0.4) is 0 Å². The molecule has 0 amide bonds. The van der Waals surface area contributed by atoms with Gasteiger partial charge < -0.3 is 30.3 Å². The Morgan fingerprint density at radius 3 is 1.48 bits per heavy atom. The normalized spacial score (nSPS) is 10.1. The van der Waals surface area contributed by atoms with Gasteiger partial charge in [-0.2, -0.15) is 0 Å². The number of esters is 1. The number of carboxylic acids is 2. The predicted octanol–water partition coefficient (Wildman–Crippen LogP) is -0.351. The largest absolute Gasteiger partial charge is 0.481 e. The van der Waals surface area contributed by atoms with Crippen LogP contribution in [0.15, 0.2) is 12.2 Å². The lowest BCUT2D eigenvalue weighted by atomic mass is 9.93. The van der Waals surface area contributed by atoms with Gasteiger partial charge in [0, 0.05) is 18.4 Å². The van der Waals surface area contributed by atoms with Gasteiger partial charge in [0.1, 0.15) is 6.61 Å². The standard InChI is InChI=1S/C9H16O5.C8H14O4.Mg.2H/c1-7(2)8(13)14-6-9(3-10,4-11)5-12;9-7(10)5-3-1-2-4-6-8(11)12;;;/h10-12H,1,3-6H2,2H3;1-6H2,(H,9,10)(H,11,12);;;. The Hall–Kier alpha value is -1.20. The summed E-state index contributed by atoms with van der Waals surface area (Å²) in [6, 6.07) is 0. The molecule has 0 bridgehead atoms. The van der Waals surface area contributed by atoms with Crippen LogP contribution < -0.4 is 0 Å². The van der Waals surface area contributed by atoms with Crippen LogP contribution in [0.25, 0.3) is 0 Å². The van der Waals surface area contributed by atoms with E-state index in [-0.39, 0.29) is 48.1 Å². The number of aliphatic carboxylic acids is 2. The average molecular weight is 405 g/mol. The van der Waals surface area contributed by atoms with Gasteiger partial charge in [-0.3, -0.25) is 9.59 Å². The first kappa shape index (κ1) is 30.5. The summed E-state index contributed by atoms with van der Waals surface area (Å²) in [4.78, 5) is 31.1. The second-order valence-corrected chi connectivity index (χ2v) is 6.03. The topological polar surface area (TPSA) is 162 Å². The monoisotopic (exact) mass is 404 g/mol. The van der Waals surface area contributed by atoms with Gasteiger partial charge in [0.2, 0.25) is 0 Å². The van der Waals surface area contributed by atoms with E-state index in [1.807, 2.05) is 0 Å². The molecule has 9 nitrogen and oxygen atoms in total. The zero-order chi connectivity index (χ0) is 20.6. The van der Waals surface area contributed by atoms with Crippen molar-refractivity contribution in [3.8, 4) is 0 Å². The zero-order valence-corrected chi connectivity index (χ0v) is 15.1. The number of aliphatic hydroxyl groups is 3. The molecule has 0 aromatic carbocycles. The van der Waals surface area contributed by atoms with Crippen LogP contribution in [-0.2, 0) is 19.1 Å². The fourth-order valence-electron chi connectivity index (χ4n) is 1.53. The van der Waals surface area contributed by atoms with Crippen molar-refractivity contribution in [1.82, 2.24) is 0 Å². The Kier molecular flexibility index (Phi) is 20.5. The summed E-state index contributed by atoms with van der Waals surface area (Å²) < 4.78 is 4.72. The SMILES string of the molecule is C=C(C)C(=O)OCC(CO)(CO)CO.O=C(O)CCCCCCC(=O)O.[MgH2]. The summed E-state index contributed by atoms with van der Waals surface area (Å²) in [5.41, 5.74) is -0.946. The first-order chi connectivity index (χ1) is 12.1. The third-order valence-electron chi connectivity index (χ3n) is 3.40. The van der Waals surface area contributed by atoms with E-state index in [4.69, 9.17) is 30.3 Å². The van der Waals surface area contributed by atoms with E-state index in [0.29, 0.717) is 12.8 Å². The third-order valence-corrected chi connectivity index (χ3v) is 3.40. The van der Waals surface area contributed by atoms with E-state index in [2.05, 4.69) is 6.58 Å². The van der Waals surface area contributed by atoms with Gasteiger partial charge in [-0.15, -0.1) is 0 Å². The lowest BCUT2D eigenvalue weighted by Crippen LogP contribution is -2.39. The van der Waals surface area contributed by atoms with Crippen molar-refractivity contribution < 1.29 is 44.7 Å². The minimum absolute atomic E-state index is 0. The van der Waals surface area contributed by atoms with Gasteiger partial charge >= 0.3 is 41.0 Å². The second kappa shape index (κ2) is 18.2. The summed E-state index contributed by atoms with van der Waals surface area (Å²) in [5.74, 6) is -2.17. The van der Waals surface area contributed by atoms with Crippen LogP contribution in [0, 0.1) is 5.41 Å². The molecule has 0 fully saturated rings. The number of hydrogen-bond donors (Lipinski definition) is 5. The minimum atomic E-state index is -1.18. The maximum atomic E-state index is 11.0. The van der Waals surface area contributed by atoms with Gasteiger partial charge in [0.05, 0.1) is 25.2 Å². The highest BCUT2D eigenvalue weighted by atomic mass is 24.3. The lowest BCUT2D eigenvalue weighted by molar-refractivity contribution is -0.146.